The third kappa shape index (κ3) is 5.72. The van der Waals surface area contributed by atoms with Crippen LogP contribution in [0.5, 0.6) is 11.5 Å². The fourth-order valence-electron chi connectivity index (χ4n) is 5.36. The second-order valence-electron chi connectivity index (χ2n) is 10.8. The number of benzene rings is 4. The molecular weight excluding hydrogens is 526 g/mol. The summed E-state index contributed by atoms with van der Waals surface area (Å²) in [6, 6.07) is 35.3. The number of fused-ring (bicyclic) bond motifs is 2. The SMILES string of the molecule is CC1(Oc2ccc(C(C)(CCC(=O)O)c3ccc(OCc4ccc5ccccc5n4)cc3)cc2)N=c2ccccc2=N1. The smallest absolute Gasteiger partial charge is 0.303 e. The van der Waals surface area contributed by atoms with E-state index in [1.165, 1.54) is 0 Å². The molecule has 0 saturated heterocycles. The maximum atomic E-state index is 11.6. The van der Waals surface area contributed by atoms with E-state index in [2.05, 4.69) is 21.9 Å². The van der Waals surface area contributed by atoms with Crippen LogP contribution in [-0.2, 0) is 16.8 Å². The van der Waals surface area contributed by atoms with Crippen molar-refractivity contribution in [2.24, 2.45) is 9.98 Å². The summed E-state index contributed by atoms with van der Waals surface area (Å²) in [5.74, 6) is -0.513. The van der Waals surface area contributed by atoms with Gasteiger partial charge < -0.3 is 14.6 Å². The van der Waals surface area contributed by atoms with Gasteiger partial charge in [0.05, 0.1) is 21.9 Å². The first kappa shape index (κ1) is 27.1. The molecule has 5 aromatic rings. The fourth-order valence-corrected chi connectivity index (χ4v) is 5.36. The minimum absolute atomic E-state index is 0.0364. The number of pyridine rings is 1. The summed E-state index contributed by atoms with van der Waals surface area (Å²) in [7, 11) is 0. The molecule has 2 heterocycles. The molecular formula is C35H31N3O4. The number of aliphatic carboxylic acids is 1. The van der Waals surface area contributed by atoms with Crippen molar-refractivity contribution in [3.8, 4) is 11.5 Å². The monoisotopic (exact) mass is 557 g/mol. The Hall–Kier alpha value is -5.04. The Labute approximate surface area is 243 Å². The number of hydrogen-bond acceptors (Lipinski definition) is 6. The van der Waals surface area contributed by atoms with E-state index >= 15 is 0 Å². The number of carboxylic acid groups (broad SMARTS) is 1. The molecule has 7 nitrogen and oxygen atoms in total. The molecule has 1 atom stereocenters. The number of ether oxygens (including phenoxy) is 2. The second kappa shape index (κ2) is 11.1. The highest BCUT2D eigenvalue weighted by molar-refractivity contribution is 5.78. The molecule has 7 heteroatoms. The van der Waals surface area contributed by atoms with E-state index in [0.29, 0.717) is 18.8 Å². The minimum atomic E-state index is -1.03. The zero-order valence-corrected chi connectivity index (χ0v) is 23.5. The topological polar surface area (TPSA) is 93.4 Å². The highest BCUT2D eigenvalue weighted by atomic mass is 16.5. The Kier molecular flexibility index (Phi) is 7.17. The number of hydrogen-bond donors (Lipinski definition) is 1. The lowest BCUT2D eigenvalue weighted by Crippen LogP contribution is -2.27. The number of rotatable bonds is 10. The van der Waals surface area contributed by atoms with Gasteiger partial charge in [0.15, 0.2) is 0 Å². The maximum Gasteiger partial charge on any atom is 0.303 e. The quantitative estimate of drug-likeness (QED) is 0.228. The molecule has 1 aliphatic rings. The molecule has 1 aliphatic heterocycles. The van der Waals surface area contributed by atoms with E-state index in [0.717, 1.165) is 44.2 Å². The summed E-state index contributed by atoms with van der Waals surface area (Å²) in [6.45, 7) is 4.25. The van der Waals surface area contributed by atoms with Crippen molar-refractivity contribution in [2.75, 3.05) is 0 Å². The van der Waals surface area contributed by atoms with Crippen LogP contribution >= 0.6 is 0 Å². The first-order chi connectivity index (χ1) is 20.3. The molecule has 0 radical (unpaired) electrons. The second-order valence-corrected chi connectivity index (χ2v) is 10.8. The largest absolute Gasteiger partial charge is 0.487 e. The summed E-state index contributed by atoms with van der Waals surface area (Å²) in [5, 5.41) is 12.2. The van der Waals surface area contributed by atoms with Crippen molar-refractivity contribution < 1.29 is 19.4 Å². The molecule has 42 heavy (non-hydrogen) atoms. The van der Waals surface area contributed by atoms with Gasteiger partial charge in [-0.3, -0.25) is 4.79 Å². The molecule has 0 saturated carbocycles. The van der Waals surface area contributed by atoms with Gasteiger partial charge >= 0.3 is 5.97 Å². The summed E-state index contributed by atoms with van der Waals surface area (Å²) in [6.07, 6.45) is 0.468. The van der Waals surface area contributed by atoms with E-state index < -0.39 is 17.2 Å². The van der Waals surface area contributed by atoms with Gasteiger partial charge in [-0.05, 0) is 66.1 Å². The predicted molar refractivity (Wildman–Crippen MR) is 160 cm³/mol. The zero-order valence-electron chi connectivity index (χ0n) is 23.5. The van der Waals surface area contributed by atoms with Crippen LogP contribution in [-0.4, -0.2) is 21.9 Å². The van der Waals surface area contributed by atoms with E-state index in [4.69, 9.17) is 9.47 Å². The van der Waals surface area contributed by atoms with Crippen LogP contribution in [0.3, 0.4) is 0 Å². The van der Waals surface area contributed by atoms with Crippen LogP contribution in [0.1, 0.15) is 43.5 Å². The molecule has 0 spiro atoms. The van der Waals surface area contributed by atoms with E-state index in [-0.39, 0.29) is 6.42 Å². The van der Waals surface area contributed by atoms with Crippen LogP contribution in [0.4, 0.5) is 0 Å². The first-order valence-corrected chi connectivity index (χ1v) is 13.9. The average Bonchev–Trinajstić information content (AvgIpc) is 3.35. The van der Waals surface area contributed by atoms with Gasteiger partial charge in [-0.15, -0.1) is 0 Å². The fraction of sp³-hybridized carbons (Fsp3) is 0.200. The number of carboxylic acids is 1. The van der Waals surface area contributed by atoms with Crippen molar-refractivity contribution in [3.05, 3.63) is 137 Å². The average molecular weight is 558 g/mol. The van der Waals surface area contributed by atoms with Crippen LogP contribution in [0.15, 0.2) is 119 Å². The summed E-state index contributed by atoms with van der Waals surface area (Å²) >= 11 is 0. The Morgan fingerprint density at radius 3 is 2.02 bits per heavy atom. The first-order valence-electron chi connectivity index (χ1n) is 13.9. The Morgan fingerprint density at radius 1 is 0.786 bits per heavy atom. The van der Waals surface area contributed by atoms with Crippen molar-refractivity contribution in [1.82, 2.24) is 4.98 Å². The van der Waals surface area contributed by atoms with E-state index in [1.807, 2.05) is 116 Å². The maximum absolute atomic E-state index is 11.6. The molecule has 0 fully saturated rings. The normalized spacial score (nSPS) is 14.7. The van der Waals surface area contributed by atoms with Crippen molar-refractivity contribution in [2.45, 2.75) is 44.6 Å². The highest BCUT2D eigenvalue weighted by Gasteiger charge is 2.31. The molecule has 1 unspecified atom stereocenters. The van der Waals surface area contributed by atoms with E-state index in [9.17, 15) is 9.90 Å². The highest BCUT2D eigenvalue weighted by Crippen LogP contribution is 2.38. The van der Waals surface area contributed by atoms with Gasteiger partial charge in [-0.25, -0.2) is 15.0 Å². The molecule has 0 amide bonds. The van der Waals surface area contributed by atoms with Crippen LogP contribution < -0.4 is 20.2 Å². The van der Waals surface area contributed by atoms with Crippen molar-refractivity contribution >= 4 is 16.9 Å². The van der Waals surface area contributed by atoms with Gasteiger partial charge in [-0.1, -0.05) is 67.6 Å². The number of nitrogens with zero attached hydrogens (tertiary/aromatic N) is 3. The molecule has 4 aromatic carbocycles. The number of para-hydroxylation sites is 3. The van der Waals surface area contributed by atoms with Crippen LogP contribution in [0.2, 0.25) is 0 Å². The molecule has 6 rings (SSSR count). The lowest BCUT2D eigenvalue weighted by Gasteiger charge is -2.31. The number of aromatic nitrogens is 1. The molecule has 0 bridgehead atoms. The molecule has 210 valence electrons. The summed E-state index contributed by atoms with van der Waals surface area (Å²) in [4.78, 5) is 25.5. The third-order valence-corrected chi connectivity index (χ3v) is 7.71. The summed E-state index contributed by atoms with van der Waals surface area (Å²) < 4.78 is 12.2. The van der Waals surface area contributed by atoms with Gasteiger partial charge in [0.25, 0.3) is 5.85 Å². The molecule has 1 aromatic heterocycles. The Bertz CT molecular complexity index is 1830. The van der Waals surface area contributed by atoms with Gasteiger partial charge in [0, 0.05) is 24.1 Å². The third-order valence-electron chi connectivity index (χ3n) is 7.71. The summed E-state index contributed by atoms with van der Waals surface area (Å²) in [5.41, 5.74) is 3.22. The predicted octanol–water partition coefficient (Wildman–Crippen LogP) is 5.99. The van der Waals surface area contributed by atoms with Gasteiger partial charge in [0.2, 0.25) is 0 Å². The molecule has 1 N–H and O–H groups in total. The van der Waals surface area contributed by atoms with Crippen LogP contribution in [0, 0.1) is 0 Å². The Balaban J connectivity index is 1.19. The van der Waals surface area contributed by atoms with Crippen molar-refractivity contribution in [3.63, 3.8) is 0 Å². The van der Waals surface area contributed by atoms with E-state index in [1.54, 1.807) is 0 Å². The molecule has 0 aliphatic carbocycles. The Morgan fingerprint density at radius 2 is 1.38 bits per heavy atom. The lowest BCUT2D eigenvalue weighted by atomic mass is 9.73. The van der Waals surface area contributed by atoms with Gasteiger partial charge in [-0.2, -0.15) is 0 Å². The standard InChI is InChI=1S/C35H31N3O4/c1-34(22-21-33(39)40,26-14-19-29(20-15-26)42-35(2)37-31-9-5-6-10-32(31)38-35)25-12-17-28(18-13-25)41-23-27-16-11-24-7-3-4-8-30(24)36-27/h3-20H,21-23H2,1-2H3,(H,39,40). The van der Waals surface area contributed by atoms with Crippen LogP contribution in [0.25, 0.3) is 10.9 Å². The zero-order chi connectivity index (χ0) is 29.2. The van der Waals surface area contributed by atoms with Gasteiger partial charge in [0.1, 0.15) is 18.1 Å². The minimum Gasteiger partial charge on any atom is -0.487 e. The number of carbonyl (C=O) groups is 1. The lowest BCUT2D eigenvalue weighted by molar-refractivity contribution is -0.137. The van der Waals surface area contributed by atoms with Crippen molar-refractivity contribution in [1.29, 1.82) is 0 Å².